The topological polar surface area (TPSA) is 49.4 Å². The Balaban J connectivity index is 1.82. The third-order valence-electron chi connectivity index (χ3n) is 3.43. The predicted octanol–water partition coefficient (Wildman–Crippen LogP) is 3.18. The van der Waals surface area contributed by atoms with E-state index >= 15 is 0 Å². The van der Waals surface area contributed by atoms with Crippen molar-refractivity contribution >= 4 is 17.5 Å². The van der Waals surface area contributed by atoms with Crippen LogP contribution >= 0.6 is 0 Å². The van der Waals surface area contributed by atoms with E-state index in [2.05, 4.69) is 11.0 Å². The number of nitrogens with zero attached hydrogens (tertiary/aromatic N) is 2. The molecule has 106 valence electrons. The van der Waals surface area contributed by atoms with Gasteiger partial charge in [-0.1, -0.05) is 30.3 Å². The molecule has 1 aromatic heterocycles. The average molecular weight is 280 g/mol. The van der Waals surface area contributed by atoms with Crippen LogP contribution in [0.25, 0.3) is 11.6 Å². The zero-order valence-corrected chi connectivity index (χ0v) is 11.7. The van der Waals surface area contributed by atoms with Crippen LogP contribution < -0.4 is 4.90 Å². The van der Waals surface area contributed by atoms with Gasteiger partial charge in [-0.3, -0.25) is 0 Å². The van der Waals surface area contributed by atoms with Gasteiger partial charge in [0.15, 0.2) is 5.88 Å². The highest BCUT2D eigenvalue weighted by molar-refractivity contribution is 5.88. The van der Waals surface area contributed by atoms with Gasteiger partial charge in [-0.15, -0.1) is 0 Å². The first-order chi connectivity index (χ1) is 10.4. The minimum absolute atomic E-state index is 0.596. The van der Waals surface area contributed by atoms with Gasteiger partial charge in [0, 0.05) is 19.2 Å². The maximum atomic E-state index is 9.31. The normalized spacial score (nSPS) is 15.8. The molecule has 1 aliphatic heterocycles. The van der Waals surface area contributed by atoms with Crippen molar-refractivity contribution in [2.24, 2.45) is 0 Å². The quantitative estimate of drug-likeness (QED) is 0.810. The zero-order chi connectivity index (χ0) is 14.5. The van der Waals surface area contributed by atoms with E-state index in [0.29, 0.717) is 11.3 Å². The number of ether oxygens (including phenoxy) is 1. The maximum absolute atomic E-state index is 9.31. The van der Waals surface area contributed by atoms with Crippen molar-refractivity contribution in [3.63, 3.8) is 0 Å². The number of benzene rings is 1. The predicted molar refractivity (Wildman–Crippen MR) is 81.7 cm³/mol. The number of hydrogen-bond donors (Lipinski definition) is 0. The van der Waals surface area contributed by atoms with Gasteiger partial charge in [0.1, 0.15) is 5.76 Å². The molecule has 0 saturated carbocycles. The molecule has 0 bridgehead atoms. The van der Waals surface area contributed by atoms with Crippen molar-refractivity contribution in [2.45, 2.75) is 0 Å². The minimum Gasteiger partial charge on any atom is -0.441 e. The molecule has 0 atom stereocenters. The summed E-state index contributed by atoms with van der Waals surface area (Å²) in [5, 5.41) is 9.31. The molecule has 21 heavy (non-hydrogen) atoms. The fourth-order valence-corrected chi connectivity index (χ4v) is 2.31. The van der Waals surface area contributed by atoms with E-state index in [4.69, 9.17) is 9.15 Å². The molecule has 4 nitrogen and oxygen atoms in total. The fraction of sp³-hybridized carbons (Fsp3) is 0.235. The molecule has 0 amide bonds. The monoisotopic (exact) mass is 280 g/mol. The highest BCUT2D eigenvalue weighted by Crippen LogP contribution is 2.23. The van der Waals surface area contributed by atoms with Gasteiger partial charge in [-0.05, 0) is 17.7 Å². The van der Waals surface area contributed by atoms with Gasteiger partial charge in [-0.2, -0.15) is 5.26 Å². The van der Waals surface area contributed by atoms with E-state index < -0.39 is 0 Å². The van der Waals surface area contributed by atoms with Crippen LogP contribution in [0, 0.1) is 11.3 Å². The molecule has 1 aromatic carbocycles. The van der Waals surface area contributed by atoms with Gasteiger partial charge in [-0.25, -0.2) is 0 Å². The molecule has 1 aliphatic rings. The number of rotatable bonds is 3. The number of allylic oxidation sites excluding steroid dienone is 1. The summed E-state index contributed by atoms with van der Waals surface area (Å²) >= 11 is 0. The summed E-state index contributed by atoms with van der Waals surface area (Å²) in [6.45, 7) is 3.11. The van der Waals surface area contributed by atoms with Crippen LogP contribution in [-0.4, -0.2) is 26.3 Å². The van der Waals surface area contributed by atoms with Gasteiger partial charge in [0.25, 0.3) is 0 Å². The first kappa shape index (κ1) is 13.5. The van der Waals surface area contributed by atoms with Crippen LogP contribution in [0.2, 0.25) is 0 Å². The van der Waals surface area contributed by atoms with Crippen molar-refractivity contribution in [1.82, 2.24) is 0 Å². The highest BCUT2D eigenvalue weighted by Gasteiger charge is 2.14. The Morgan fingerprint density at radius 3 is 2.57 bits per heavy atom. The van der Waals surface area contributed by atoms with Gasteiger partial charge in [0.2, 0.25) is 0 Å². The fourth-order valence-electron chi connectivity index (χ4n) is 2.31. The molecule has 2 aromatic rings. The van der Waals surface area contributed by atoms with Crippen LogP contribution in [0.4, 0.5) is 5.88 Å². The van der Waals surface area contributed by atoms with Crippen molar-refractivity contribution in [2.75, 3.05) is 31.2 Å². The van der Waals surface area contributed by atoms with Gasteiger partial charge in [0.05, 0.1) is 24.9 Å². The SMILES string of the molecule is N#CC(=Cc1ccc(N2CCOCC2)o1)c1ccccc1. The summed E-state index contributed by atoms with van der Waals surface area (Å²) < 4.78 is 11.1. The molecule has 0 N–H and O–H groups in total. The highest BCUT2D eigenvalue weighted by atomic mass is 16.5. The van der Waals surface area contributed by atoms with E-state index in [1.165, 1.54) is 0 Å². The second kappa shape index (κ2) is 6.29. The molecule has 1 fully saturated rings. The third kappa shape index (κ3) is 3.15. The van der Waals surface area contributed by atoms with E-state index in [0.717, 1.165) is 37.8 Å². The van der Waals surface area contributed by atoms with E-state index in [1.54, 1.807) is 6.08 Å². The van der Waals surface area contributed by atoms with Gasteiger partial charge < -0.3 is 14.1 Å². The Hall–Kier alpha value is -2.51. The summed E-state index contributed by atoms with van der Waals surface area (Å²) in [6.07, 6.45) is 1.78. The lowest BCUT2D eigenvalue weighted by Crippen LogP contribution is -2.35. The lowest BCUT2D eigenvalue weighted by atomic mass is 10.1. The number of morpholine rings is 1. The summed E-state index contributed by atoms with van der Waals surface area (Å²) in [6, 6.07) is 15.7. The lowest BCUT2D eigenvalue weighted by Gasteiger charge is -2.26. The van der Waals surface area contributed by atoms with E-state index in [-0.39, 0.29) is 0 Å². The Morgan fingerprint density at radius 2 is 1.86 bits per heavy atom. The van der Waals surface area contributed by atoms with Crippen molar-refractivity contribution < 1.29 is 9.15 Å². The van der Waals surface area contributed by atoms with Crippen LogP contribution in [-0.2, 0) is 4.74 Å². The molecule has 0 aliphatic carbocycles. The van der Waals surface area contributed by atoms with Crippen molar-refractivity contribution in [1.29, 1.82) is 5.26 Å². The second-order valence-electron chi connectivity index (χ2n) is 4.81. The molecule has 3 rings (SSSR count). The molecule has 0 spiro atoms. The molecule has 1 saturated heterocycles. The molecule has 0 unspecified atom stereocenters. The Morgan fingerprint density at radius 1 is 1.10 bits per heavy atom. The van der Waals surface area contributed by atoms with Gasteiger partial charge >= 0.3 is 0 Å². The zero-order valence-electron chi connectivity index (χ0n) is 11.7. The van der Waals surface area contributed by atoms with Crippen molar-refractivity contribution in [3.8, 4) is 6.07 Å². The second-order valence-corrected chi connectivity index (χ2v) is 4.81. The molecule has 0 radical (unpaired) electrons. The smallest absolute Gasteiger partial charge is 0.196 e. The summed E-state index contributed by atoms with van der Waals surface area (Å²) in [7, 11) is 0. The summed E-state index contributed by atoms with van der Waals surface area (Å²) in [5.41, 5.74) is 1.49. The first-order valence-corrected chi connectivity index (χ1v) is 6.96. The number of anilines is 1. The Kier molecular flexibility index (Phi) is 4.04. The van der Waals surface area contributed by atoms with E-state index in [9.17, 15) is 5.26 Å². The van der Waals surface area contributed by atoms with Crippen LogP contribution in [0.1, 0.15) is 11.3 Å². The summed E-state index contributed by atoms with van der Waals surface area (Å²) in [4.78, 5) is 2.15. The number of furan rings is 1. The van der Waals surface area contributed by atoms with Crippen molar-refractivity contribution in [3.05, 3.63) is 53.8 Å². The van der Waals surface area contributed by atoms with Crippen LogP contribution in [0.5, 0.6) is 0 Å². The van der Waals surface area contributed by atoms with E-state index in [1.807, 2.05) is 42.5 Å². The standard InChI is InChI=1S/C17H16N2O2/c18-13-15(14-4-2-1-3-5-14)12-16-6-7-17(21-16)19-8-10-20-11-9-19/h1-7,12H,8-11H2. The summed E-state index contributed by atoms with van der Waals surface area (Å²) in [5.74, 6) is 1.52. The van der Waals surface area contributed by atoms with Crippen LogP contribution in [0.3, 0.4) is 0 Å². The Bertz CT molecular complexity index is 662. The Labute approximate surface area is 123 Å². The average Bonchev–Trinajstić information content (AvgIpc) is 3.03. The first-order valence-electron chi connectivity index (χ1n) is 6.96. The van der Waals surface area contributed by atoms with Crippen LogP contribution in [0.15, 0.2) is 46.9 Å². The molecule has 4 heteroatoms. The number of nitriles is 1. The number of hydrogen-bond acceptors (Lipinski definition) is 4. The molecule has 2 heterocycles. The maximum Gasteiger partial charge on any atom is 0.196 e. The largest absolute Gasteiger partial charge is 0.441 e. The third-order valence-corrected chi connectivity index (χ3v) is 3.43. The lowest BCUT2D eigenvalue weighted by molar-refractivity contribution is 0.120. The molecular weight excluding hydrogens is 264 g/mol. The molecular formula is C17H16N2O2. The minimum atomic E-state index is 0.596.